The molecule has 0 bridgehead atoms. The van der Waals surface area contributed by atoms with Gasteiger partial charge in [0.1, 0.15) is 18.1 Å². The predicted molar refractivity (Wildman–Crippen MR) is 97.3 cm³/mol. The molecule has 3 rings (SSSR count). The van der Waals surface area contributed by atoms with Crippen molar-refractivity contribution in [1.29, 1.82) is 0 Å². The summed E-state index contributed by atoms with van der Waals surface area (Å²) in [6, 6.07) is 8.21. The number of aromatic nitrogens is 4. The van der Waals surface area contributed by atoms with Crippen LogP contribution in [0.15, 0.2) is 47.5 Å². The second-order valence-electron chi connectivity index (χ2n) is 6.56. The van der Waals surface area contributed by atoms with E-state index < -0.39 is 0 Å². The van der Waals surface area contributed by atoms with Gasteiger partial charge in [0, 0.05) is 12.0 Å². The third-order valence-electron chi connectivity index (χ3n) is 4.40. The number of halogens is 1. The molecule has 26 heavy (non-hydrogen) atoms. The van der Waals surface area contributed by atoms with E-state index in [2.05, 4.69) is 33.8 Å². The molecular weight excluding hydrogens is 439 g/mol. The van der Waals surface area contributed by atoms with Crippen molar-refractivity contribution in [2.75, 3.05) is 0 Å². The van der Waals surface area contributed by atoms with Crippen LogP contribution in [0.25, 0.3) is 17.1 Å². The third-order valence-corrected chi connectivity index (χ3v) is 4.40. The highest BCUT2D eigenvalue weighted by Gasteiger charge is 2.10. The largest absolute Gasteiger partial charge is 1.00 e. The summed E-state index contributed by atoms with van der Waals surface area (Å²) >= 11 is 0. The minimum absolute atomic E-state index is 0. The molecule has 0 N–H and O–H groups in total. The summed E-state index contributed by atoms with van der Waals surface area (Å²) in [7, 11) is 2.01. The smallest absolute Gasteiger partial charge is 0.248 e. The molecule has 0 unspecified atom stereocenters. The summed E-state index contributed by atoms with van der Waals surface area (Å²) in [5, 5.41) is 4.12. The molecule has 5 nitrogen and oxygen atoms in total. The van der Waals surface area contributed by atoms with E-state index in [0.717, 1.165) is 30.0 Å². The number of rotatable bonds is 9. The SMILES string of the molecule is CCCCCCCCc1nc(-c2ccc(-n3cc[n+](C)c3)cc2)no1.[I-]. The number of hydrogen-bond donors (Lipinski definition) is 0. The summed E-state index contributed by atoms with van der Waals surface area (Å²) in [6.45, 7) is 2.24. The maximum Gasteiger partial charge on any atom is 0.248 e. The summed E-state index contributed by atoms with van der Waals surface area (Å²) in [4.78, 5) is 4.53. The highest BCUT2D eigenvalue weighted by atomic mass is 127. The molecule has 0 aliphatic carbocycles. The molecule has 0 atom stereocenters. The Balaban J connectivity index is 0.00000243. The monoisotopic (exact) mass is 466 g/mol. The topological polar surface area (TPSA) is 47.7 Å². The zero-order chi connectivity index (χ0) is 17.5. The number of hydrogen-bond acceptors (Lipinski definition) is 3. The van der Waals surface area contributed by atoms with Crippen LogP contribution in [0.2, 0.25) is 0 Å². The lowest BCUT2D eigenvalue weighted by Crippen LogP contribution is -3.00. The van der Waals surface area contributed by atoms with Crippen LogP contribution < -0.4 is 28.5 Å². The van der Waals surface area contributed by atoms with Gasteiger partial charge in [0.15, 0.2) is 0 Å². The van der Waals surface area contributed by atoms with Crippen LogP contribution in [0.4, 0.5) is 0 Å². The van der Waals surface area contributed by atoms with E-state index in [1.807, 2.05) is 42.5 Å². The third kappa shape index (κ3) is 5.65. The Labute approximate surface area is 172 Å². The van der Waals surface area contributed by atoms with Crippen molar-refractivity contribution in [3.8, 4) is 17.1 Å². The van der Waals surface area contributed by atoms with Gasteiger partial charge < -0.3 is 28.5 Å². The quantitative estimate of drug-likeness (QED) is 0.271. The second-order valence-corrected chi connectivity index (χ2v) is 6.56. The van der Waals surface area contributed by atoms with Crippen molar-refractivity contribution in [2.24, 2.45) is 7.05 Å². The van der Waals surface area contributed by atoms with Gasteiger partial charge in [-0.15, -0.1) is 0 Å². The molecule has 2 aromatic heterocycles. The molecule has 3 aromatic rings. The van der Waals surface area contributed by atoms with Crippen LogP contribution in [-0.2, 0) is 13.5 Å². The molecule has 0 radical (unpaired) electrons. The lowest BCUT2D eigenvalue weighted by atomic mass is 10.1. The Bertz CT molecular complexity index is 779. The lowest BCUT2D eigenvalue weighted by molar-refractivity contribution is -0.670. The van der Waals surface area contributed by atoms with Crippen LogP contribution in [0.3, 0.4) is 0 Å². The first-order valence-corrected chi connectivity index (χ1v) is 9.23. The van der Waals surface area contributed by atoms with Crippen molar-refractivity contribution in [1.82, 2.24) is 14.7 Å². The molecule has 0 spiro atoms. The molecule has 1 aromatic carbocycles. The van der Waals surface area contributed by atoms with Gasteiger partial charge in [-0.1, -0.05) is 44.2 Å². The standard InChI is InChI=1S/C20H27N4O.HI/c1-3-4-5-6-7-8-9-19-21-20(22-25-19)17-10-12-18(13-11-17)24-15-14-23(2)16-24;/h10-16H,3-9H2,1-2H3;1H/q+1;/p-1. The predicted octanol–water partition coefficient (Wildman–Crippen LogP) is 1.26. The minimum Gasteiger partial charge on any atom is -1.00 e. The summed E-state index contributed by atoms with van der Waals surface area (Å²) in [5.41, 5.74) is 2.10. The van der Waals surface area contributed by atoms with Gasteiger partial charge >= 0.3 is 0 Å². The van der Waals surface area contributed by atoms with Crippen LogP contribution in [0.5, 0.6) is 0 Å². The second kappa shape index (κ2) is 10.4. The highest BCUT2D eigenvalue weighted by molar-refractivity contribution is 5.56. The van der Waals surface area contributed by atoms with Crippen molar-refractivity contribution >= 4 is 0 Å². The Morgan fingerprint density at radius 2 is 1.77 bits per heavy atom. The molecule has 6 heteroatoms. The Morgan fingerprint density at radius 3 is 2.46 bits per heavy atom. The molecule has 140 valence electrons. The van der Waals surface area contributed by atoms with Gasteiger partial charge in [-0.05, 0) is 30.7 Å². The van der Waals surface area contributed by atoms with E-state index in [9.17, 15) is 0 Å². The van der Waals surface area contributed by atoms with Gasteiger partial charge in [-0.25, -0.2) is 9.13 Å². The fourth-order valence-electron chi connectivity index (χ4n) is 2.92. The van der Waals surface area contributed by atoms with Crippen molar-refractivity contribution in [3.63, 3.8) is 0 Å². The van der Waals surface area contributed by atoms with Crippen LogP contribution in [0, 0.1) is 0 Å². The first kappa shape index (κ1) is 20.6. The number of nitrogens with zero attached hydrogens (tertiary/aromatic N) is 4. The summed E-state index contributed by atoms with van der Waals surface area (Å²) in [6.07, 6.45) is 14.6. The van der Waals surface area contributed by atoms with Gasteiger partial charge in [0.2, 0.25) is 18.0 Å². The number of benzene rings is 1. The van der Waals surface area contributed by atoms with Gasteiger partial charge in [-0.3, -0.25) is 0 Å². The van der Waals surface area contributed by atoms with Crippen LogP contribution in [-0.4, -0.2) is 14.7 Å². The maximum absolute atomic E-state index is 5.40. The lowest BCUT2D eigenvalue weighted by Gasteiger charge is -1.98. The molecular formula is C20H27IN4O. The maximum atomic E-state index is 5.40. The molecule has 0 amide bonds. The van der Waals surface area contributed by atoms with Crippen molar-refractivity contribution in [3.05, 3.63) is 48.9 Å². The summed E-state index contributed by atoms with van der Waals surface area (Å²) in [5.74, 6) is 1.41. The van der Waals surface area contributed by atoms with Crippen LogP contribution >= 0.6 is 0 Å². The number of unbranched alkanes of at least 4 members (excludes halogenated alkanes) is 5. The molecule has 2 heterocycles. The molecule has 0 saturated heterocycles. The van der Waals surface area contributed by atoms with E-state index in [-0.39, 0.29) is 24.0 Å². The van der Waals surface area contributed by atoms with E-state index in [1.54, 1.807) is 0 Å². The van der Waals surface area contributed by atoms with Crippen molar-refractivity contribution < 1.29 is 33.1 Å². The first-order valence-electron chi connectivity index (χ1n) is 9.23. The van der Waals surface area contributed by atoms with Gasteiger partial charge in [0.05, 0.1) is 7.05 Å². The van der Waals surface area contributed by atoms with E-state index in [1.165, 1.54) is 32.1 Å². The number of imidazole rings is 1. The average Bonchev–Trinajstić information content (AvgIpc) is 3.27. The average molecular weight is 466 g/mol. The Morgan fingerprint density at radius 1 is 1.04 bits per heavy atom. The van der Waals surface area contributed by atoms with Gasteiger partial charge in [0.25, 0.3) is 0 Å². The molecule has 0 aliphatic rings. The summed E-state index contributed by atoms with van der Waals surface area (Å²) < 4.78 is 9.48. The highest BCUT2D eigenvalue weighted by Crippen LogP contribution is 2.19. The van der Waals surface area contributed by atoms with Crippen molar-refractivity contribution in [2.45, 2.75) is 51.9 Å². The van der Waals surface area contributed by atoms with E-state index >= 15 is 0 Å². The first-order chi connectivity index (χ1) is 12.3. The van der Waals surface area contributed by atoms with E-state index in [0.29, 0.717) is 5.82 Å². The van der Waals surface area contributed by atoms with E-state index in [4.69, 9.17) is 4.52 Å². The normalized spacial score (nSPS) is 10.7. The fourth-order valence-corrected chi connectivity index (χ4v) is 2.92. The van der Waals surface area contributed by atoms with Gasteiger partial charge in [-0.2, -0.15) is 4.98 Å². The Kier molecular flexibility index (Phi) is 8.28. The molecule has 0 aliphatic heterocycles. The van der Waals surface area contributed by atoms with Crippen LogP contribution in [0.1, 0.15) is 51.3 Å². The minimum atomic E-state index is 0. The number of aryl methyl sites for hydroxylation is 2. The Hall–Kier alpha value is -1.70. The fraction of sp³-hybridized carbons (Fsp3) is 0.450. The molecule has 0 saturated carbocycles. The zero-order valence-corrected chi connectivity index (χ0v) is 17.7. The zero-order valence-electron chi connectivity index (χ0n) is 15.6. The molecule has 0 fully saturated rings.